The highest BCUT2D eigenvalue weighted by Gasteiger charge is 2.22. The van der Waals surface area contributed by atoms with Gasteiger partial charge in [-0.05, 0) is 37.0 Å². The topological polar surface area (TPSA) is 48.3 Å². The lowest BCUT2D eigenvalue weighted by Crippen LogP contribution is -2.24. The van der Waals surface area contributed by atoms with Gasteiger partial charge in [-0.25, -0.2) is 0 Å². The second kappa shape index (κ2) is 7.70. The van der Waals surface area contributed by atoms with Crippen LogP contribution in [0.3, 0.4) is 0 Å². The number of aryl methyl sites for hydroxylation is 1. The molecule has 0 spiro atoms. The molecule has 1 atom stereocenters. The summed E-state index contributed by atoms with van der Waals surface area (Å²) in [6.45, 7) is 0.805. The first-order valence-electron chi connectivity index (χ1n) is 7.68. The van der Waals surface area contributed by atoms with Gasteiger partial charge in [0.15, 0.2) is 11.5 Å². The first-order chi connectivity index (χ1) is 10.7. The smallest absolute Gasteiger partial charge is 0.161 e. The lowest BCUT2D eigenvalue weighted by Gasteiger charge is -2.24. The molecule has 1 aliphatic rings. The van der Waals surface area contributed by atoms with Crippen molar-refractivity contribution in [1.29, 1.82) is 0 Å². The van der Waals surface area contributed by atoms with Crippen LogP contribution in [0.5, 0.6) is 11.5 Å². The summed E-state index contributed by atoms with van der Waals surface area (Å²) < 4.78 is 12.6. The quantitative estimate of drug-likeness (QED) is 0.911. The molecule has 0 amide bonds. The van der Waals surface area contributed by atoms with Gasteiger partial charge in [0, 0.05) is 30.9 Å². The molecule has 1 aromatic carbocycles. The lowest BCUT2D eigenvalue weighted by molar-refractivity contribution is 0.354. The summed E-state index contributed by atoms with van der Waals surface area (Å²) in [5, 5.41) is 8.04. The van der Waals surface area contributed by atoms with E-state index in [1.54, 1.807) is 14.2 Å². The summed E-state index contributed by atoms with van der Waals surface area (Å²) in [6, 6.07) is 6.43. The Labute approximate surface area is 143 Å². The molecule has 1 N–H and O–H groups in total. The molecule has 126 valence electrons. The predicted octanol–water partition coefficient (Wildman–Crippen LogP) is 3.03. The van der Waals surface area contributed by atoms with Crippen molar-refractivity contribution in [3.05, 3.63) is 41.2 Å². The molecule has 0 bridgehead atoms. The van der Waals surface area contributed by atoms with Gasteiger partial charge in [-0.15, -0.1) is 12.4 Å². The Kier molecular flexibility index (Phi) is 5.91. The van der Waals surface area contributed by atoms with Crippen LogP contribution in [0.1, 0.15) is 35.7 Å². The van der Waals surface area contributed by atoms with Gasteiger partial charge in [-0.1, -0.05) is 6.07 Å². The van der Waals surface area contributed by atoms with Crippen LogP contribution in [0.4, 0.5) is 0 Å². The molecule has 1 heterocycles. The molecule has 0 aliphatic heterocycles. The molecule has 3 rings (SSSR count). The number of halogens is 1. The van der Waals surface area contributed by atoms with Gasteiger partial charge in [0.05, 0.1) is 20.4 Å². The van der Waals surface area contributed by atoms with E-state index in [-0.39, 0.29) is 12.4 Å². The van der Waals surface area contributed by atoms with E-state index in [9.17, 15) is 0 Å². The molecule has 5 nitrogen and oxygen atoms in total. The van der Waals surface area contributed by atoms with Crippen molar-refractivity contribution in [2.75, 3.05) is 14.2 Å². The van der Waals surface area contributed by atoms with Gasteiger partial charge in [0.2, 0.25) is 0 Å². The highest BCUT2D eigenvalue weighted by Crippen LogP contribution is 2.31. The Hall–Kier alpha value is -1.72. The Morgan fingerprint density at radius 1 is 1.26 bits per heavy atom. The van der Waals surface area contributed by atoms with E-state index < -0.39 is 0 Å². The number of rotatable bonds is 5. The number of fused-ring (bicyclic) bond motifs is 1. The van der Waals surface area contributed by atoms with E-state index in [1.807, 2.05) is 30.1 Å². The van der Waals surface area contributed by atoms with Crippen LogP contribution >= 0.6 is 12.4 Å². The average molecular weight is 338 g/mol. The van der Waals surface area contributed by atoms with Gasteiger partial charge in [-0.2, -0.15) is 5.10 Å². The minimum absolute atomic E-state index is 0. The highest BCUT2D eigenvalue weighted by molar-refractivity contribution is 5.85. The van der Waals surface area contributed by atoms with E-state index in [0.29, 0.717) is 6.04 Å². The number of methoxy groups -OCH3 is 2. The van der Waals surface area contributed by atoms with E-state index >= 15 is 0 Å². The lowest BCUT2D eigenvalue weighted by atomic mass is 9.93. The van der Waals surface area contributed by atoms with Gasteiger partial charge in [0.25, 0.3) is 0 Å². The fourth-order valence-corrected chi connectivity index (χ4v) is 3.15. The van der Waals surface area contributed by atoms with Crippen LogP contribution in [0.25, 0.3) is 0 Å². The number of nitrogens with one attached hydrogen (secondary N) is 1. The minimum Gasteiger partial charge on any atom is -0.493 e. The summed E-state index contributed by atoms with van der Waals surface area (Å²) >= 11 is 0. The maximum atomic E-state index is 5.36. The number of nitrogens with zero attached hydrogens (tertiary/aromatic N) is 2. The van der Waals surface area contributed by atoms with Crippen molar-refractivity contribution in [2.24, 2.45) is 7.05 Å². The predicted molar refractivity (Wildman–Crippen MR) is 92.5 cm³/mol. The monoisotopic (exact) mass is 337 g/mol. The van der Waals surface area contributed by atoms with Crippen LogP contribution in [-0.2, 0) is 20.0 Å². The van der Waals surface area contributed by atoms with Crippen LogP contribution in [0, 0.1) is 0 Å². The van der Waals surface area contributed by atoms with Gasteiger partial charge in [-0.3, -0.25) is 4.68 Å². The van der Waals surface area contributed by atoms with E-state index in [0.717, 1.165) is 30.9 Å². The summed E-state index contributed by atoms with van der Waals surface area (Å²) in [5.74, 6) is 1.53. The molecule has 2 aromatic rings. The fraction of sp³-hybridized carbons (Fsp3) is 0.471. The van der Waals surface area contributed by atoms with Crippen LogP contribution in [-0.4, -0.2) is 24.0 Å². The second-order valence-electron chi connectivity index (χ2n) is 5.69. The molecule has 1 aliphatic carbocycles. The largest absolute Gasteiger partial charge is 0.493 e. The minimum atomic E-state index is 0. The van der Waals surface area contributed by atoms with Crippen molar-refractivity contribution in [2.45, 2.75) is 31.8 Å². The number of benzene rings is 1. The van der Waals surface area contributed by atoms with Gasteiger partial charge < -0.3 is 14.8 Å². The zero-order valence-electron chi connectivity index (χ0n) is 13.8. The third-order valence-electron chi connectivity index (χ3n) is 4.38. The van der Waals surface area contributed by atoms with Gasteiger partial charge in [0.1, 0.15) is 0 Å². The zero-order chi connectivity index (χ0) is 15.5. The van der Waals surface area contributed by atoms with Crippen molar-refractivity contribution in [3.8, 4) is 11.5 Å². The zero-order valence-corrected chi connectivity index (χ0v) is 14.7. The molecule has 23 heavy (non-hydrogen) atoms. The number of hydrogen-bond donors (Lipinski definition) is 1. The Morgan fingerprint density at radius 2 is 2.04 bits per heavy atom. The third-order valence-corrected chi connectivity index (χ3v) is 4.38. The highest BCUT2D eigenvalue weighted by atomic mass is 35.5. The molecule has 0 saturated carbocycles. The molecule has 0 saturated heterocycles. The number of ether oxygens (including phenoxy) is 2. The van der Waals surface area contributed by atoms with Crippen molar-refractivity contribution in [3.63, 3.8) is 0 Å². The summed E-state index contributed by atoms with van der Waals surface area (Å²) in [4.78, 5) is 0. The molecule has 0 radical (unpaired) electrons. The van der Waals surface area contributed by atoms with Crippen LogP contribution in [0.2, 0.25) is 0 Å². The summed E-state index contributed by atoms with van der Waals surface area (Å²) in [6.07, 6.45) is 5.49. The SMILES string of the molecule is COc1ccc(CNC2CCCc3c2cnn3C)cc1OC.Cl. The third kappa shape index (κ3) is 3.62. The fourth-order valence-electron chi connectivity index (χ4n) is 3.15. The van der Waals surface area contributed by atoms with Gasteiger partial charge >= 0.3 is 0 Å². The van der Waals surface area contributed by atoms with Crippen molar-refractivity contribution in [1.82, 2.24) is 15.1 Å². The summed E-state index contributed by atoms with van der Waals surface area (Å²) in [7, 11) is 5.34. The maximum Gasteiger partial charge on any atom is 0.161 e. The average Bonchev–Trinajstić information content (AvgIpc) is 2.94. The summed E-state index contributed by atoms with van der Waals surface area (Å²) in [5.41, 5.74) is 3.89. The van der Waals surface area contributed by atoms with Crippen LogP contribution < -0.4 is 14.8 Å². The molecule has 0 fully saturated rings. The normalized spacial score (nSPS) is 16.4. The van der Waals surface area contributed by atoms with Crippen molar-refractivity contribution >= 4 is 12.4 Å². The van der Waals surface area contributed by atoms with Crippen molar-refractivity contribution < 1.29 is 9.47 Å². The Balaban J connectivity index is 0.00000192. The molecule has 1 unspecified atom stereocenters. The second-order valence-corrected chi connectivity index (χ2v) is 5.69. The molecule has 6 heteroatoms. The maximum absolute atomic E-state index is 5.36. The molecular weight excluding hydrogens is 314 g/mol. The molecular formula is C17H24ClN3O2. The molecule has 1 aromatic heterocycles. The van der Waals surface area contributed by atoms with E-state index in [4.69, 9.17) is 9.47 Å². The standard InChI is InChI=1S/C17H23N3O2.ClH/c1-20-15-6-4-5-14(13(15)11-19-20)18-10-12-7-8-16(21-2)17(9-12)22-3;/h7-9,11,14,18H,4-6,10H2,1-3H3;1H. The van der Waals surface area contributed by atoms with E-state index in [1.165, 1.54) is 23.2 Å². The Bertz CT molecular complexity index is 657. The Morgan fingerprint density at radius 3 is 2.78 bits per heavy atom. The first-order valence-corrected chi connectivity index (χ1v) is 7.68. The first kappa shape index (κ1) is 17.6. The number of hydrogen-bond acceptors (Lipinski definition) is 4. The van der Waals surface area contributed by atoms with E-state index in [2.05, 4.69) is 16.5 Å². The number of aromatic nitrogens is 2. The van der Waals surface area contributed by atoms with Crippen LogP contribution in [0.15, 0.2) is 24.4 Å².